The highest BCUT2D eigenvalue weighted by Gasteiger charge is 2.18. The van der Waals surface area contributed by atoms with E-state index in [9.17, 15) is 10.1 Å². The summed E-state index contributed by atoms with van der Waals surface area (Å²) in [5.41, 5.74) is 2.39. The van der Waals surface area contributed by atoms with Crippen LogP contribution in [0.5, 0.6) is 0 Å². The molecule has 0 spiro atoms. The maximum Gasteiger partial charge on any atom is 0.338 e. The van der Waals surface area contributed by atoms with Crippen molar-refractivity contribution < 1.29 is 9.53 Å². The van der Waals surface area contributed by atoms with E-state index in [1.165, 1.54) is 0 Å². The molecule has 2 aromatic rings. The Morgan fingerprint density at radius 2 is 1.81 bits per heavy atom. The third kappa shape index (κ3) is 6.11. The number of hydrogen-bond donors (Lipinski definition) is 0. The molecule has 0 N–H and O–H groups in total. The molecule has 0 aliphatic rings. The first-order valence-electron chi connectivity index (χ1n) is 9.62. The minimum absolute atomic E-state index is 0.373. The molecule has 0 aliphatic carbocycles. The molecule has 0 aliphatic heterocycles. The van der Waals surface area contributed by atoms with Gasteiger partial charge in [0, 0.05) is 5.56 Å². The van der Waals surface area contributed by atoms with Gasteiger partial charge in [-0.15, -0.1) is 0 Å². The van der Waals surface area contributed by atoms with E-state index in [1.54, 1.807) is 24.3 Å². The fraction of sp³-hybridized carbons (Fsp3) is 0.333. The predicted molar refractivity (Wildman–Crippen MR) is 110 cm³/mol. The van der Waals surface area contributed by atoms with Crippen LogP contribution in [0.25, 0.3) is 11.6 Å². The Labute approximate surface area is 162 Å². The van der Waals surface area contributed by atoms with Crippen LogP contribution in [0.4, 0.5) is 0 Å². The monoisotopic (exact) mass is 361 g/mol. The zero-order valence-electron chi connectivity index (χ0n) is 16.2. The number of benzene rings is 2. The molecular formula is C24H27NO2. The average Bonchev–Trinajstić information content (AvgIpc) is 2.72. The van der Waals surface area contributed by atoms with E-state index in [1.807, 2.05) is 36.4 Å². The van der Waals surface area contributed by atoms with E-state index < -0.39 is 0 Å². The Morgan fingerprint density at radius 1 is 1.11 bits per heavy atom. The van der Waals surface area contributed by atoms with Crippen LogP contribution in [-0.2, 0) is 9.53 Å². The number of unbranched alkanes of at least 4 members (excludes halogenated alkanes) is 1. The lowest BCUT2D eigenvalue weighted by atomic mass is 9.98. The van der Waals surface area contributed by atoms with Gasteiger partial charge in [0.1, 0.15) is 0 Å². The van der Waals surface area contributed by atoms with Gasteiger partial charge < -0.3 is 4.74 Å². The molecule has 2 rings (SSSR count). The van der Waals surface area contributed by atoms with Gasteiger partial charge in [0.2, 0.25) is 0 Å². The summed E-state index contributed by atoms with van der Waals surface area (Å²) in [5.74, 6) is -0.00501. The molecule has 0 fully saturated rings. The molecule has 0 heterocycles. The fourth-order valence-corrected chi connectivity index (χ4v) is 2.95. The van der Waals surface area contributed by atoms with Gasteiger partial charge in [-0.3, -0.25) is 0 Å². The number of carbonyl (C=O) groups is 1. The molecule has 2 aromatic carbocycles. The average molecular weight is 361 g/mol. The van der Waals surface area contributed by atoms with Crippen molar-refractivity contribution in [2.45, 2.75) is 39.5 Å². The Hall–Kier alpha value is -2.86. The quantitative estimate of drug-likeness (QED) is 0.319. The Balaban J connectivity index is 2.29. The van der Waals surface area contributed by atoms with Gasteiger partial charge in [-0.25, -0.2) is 4.79 Å². The van der Waals surface area contributed by atoms with Gasteiger partial charge in [0.05, 0.1) is 23.8 Å². The largest absolute Gasteiger partial charge is 0.462 e. The first kappa shape index (κ1) is 20.5. The highest BCUT2D eigenvalue weighted by atomic mass is 16.5. The number of nitriles is 1. The molecule has 0 radical (unpaired) electrons. The summed E-state index contributed by atoms with van der Waals surface area (Å²) in [6.45, 7) is 4.70. The summed E-state index contributed by atoms with van der Waals surface area (Å²) in [4.78, 5) is 12.9. The SMILES string of the molecule is CCCCC(CC)COC(=O)C(=Cc1ccccc1)c1ccccc1C#N. The zero-order chi connectivity index (χ0) is 19.5. The van der Waals surface area contributed by atoms with Crippen molar-refractivity contribution in [2.75, 3.05) is 6.61 Å². The van der Waals surface area contributed by atoms with Crippen LogP contribution in [0.15, 0.2) is 54.6 Å². The molecule has 3 heteroatoms. The molecule has 3 nitrogen and oxygen atoms in total. The topological polar surface area (TPSA) is 50.1 Å². The van der Waals surface area contributed by atoms with Crippen LogP contribution >= 0.6 is 0 Å². The highest BCUT2D eigenvalue weighted by molar-refractivity contribution is 6.22. The number of esters is 1. The Bertz CT molecular complexity index is 803. The highest BCUT2D eigenvalue weighted by Crippen LogP contribution is 2.24. The summed E-state index contributed by atoms with van der Waals surface area (Å²) >= 11 is 0. The summed E-state index contributed by atoms with van der Waals surface area (Å²) in [7, 11) is 0. The van der Waals surface area contributed by atoms with Crippen LogP contribution < -0.4 is 0 Å². The summed E-state index contributed by atoms with van der Waals surface area (Å²) in [5, 5.41) is 9.44. The summed E-state index contributed by atoms with van der Waals surface area (Å²) in [6.07, 6.45) is 6.12. The van der Waals surface area contributed by atoms with E-state index >= 15 is 0 Å². The third-order valence-electron chi connectivity index (χ3n) is 4.66. The lowest BCUT2D eigenvalue weighted by Gasteiger charge is -2.16. The Kier molecular flexibility index (Phi) is 8.32. The molecule has 0 saturated carbocycles. The fourth-order valence-electron chi connectivity index (χ4n) is 2.95. The minimum Gasteiger partial charge on any atom is -0.462 e. The van der Waals surface area contributed by atoms with E-state index in [0.29, 0.717) is 29.2 Å². The predicted octanol–water partition coefficient (Wildman–Crippen LogP) is 5.86. The summed E-state index contributed by atoms with van der Waals surface area (Å²) < 4.78 is 5.66. The van der Waals surface area contributed by atoms with Crippen molar-refractivity contribution in [1.82, 2.24) is 0 Å². The maximum atomic E-state index is 12.9. The molecule has 27 heavy (non-hydrogen) atoms. The lowest BCUT2D eigenvalue weighted by molar-refractivity contribution is -0.138. The second-order valence-corrected chi connectivity index (χ2v) is 6.64. The van der Waals surface area contributed by atoms with Crippen LogP contribution in [0.2, 0.25) is 0 Å². The van der Waals surface area contributed by atoms with Crippen molar-refractivity contribution in [3.63, 3.8) is 0 Å². The number of rotatable bonds is 9. The van der Waals surface area contributed by atoms with Gasteiger partial charge in [0.25, 0.3) is 0 Å². The van der Waals surface area contributed by atoms with Gasteiger partial charge >= 0.3 is 5.97 Å². The van der Waals surface area contributed by atoms with Crippen LogP contribution in [0.3, 0.4) is 0 Å². The number of ether oxygens (including phenoxy) is 1. The number of nitrogens with zero attached hydrogens (tertiary/aromatic N) is 1. The standard InChI is InChI=1S/C24H27NO2/c1-3-5-11-19(4-2)18-27-24(26)23(16-20-12-7-6-8-13-20)22-15-10-9-14-21(22)17-25/h6-10,12-16,19H,3-5,11,18H2,1-2H3. The molecule has 140 valence electrons. The van der Waals surface area contributed by atoms with Crippen molar-refractivity contribution >= 4 is 17.6 Å². The van der Waals surface area contributed by atoms with Crippen molar-refractivity contribution in [3.8, 4) is 6.07 Å². The van der Waals surface area contributed by atoms with Gasteiger partial charge in [-0.05, 0) is 30.0 Å². The molecule has 0 saturated heterocycles. The molecule has 1 atom stereocenters. The van der Waals surface area contributed by atoms with Crippen molar-refractivity contribution in [2.24, 2.45) is 5.92 Å². The van der Waals surface area contributed by atoms with Crippen molar-refractivity contribution in [1.29, 1.82) is 5.26 Å². The van der Waals surface area contributed by atoms with Gasteiger partial charge in [-0.1, -0.05) is 81.6 Å². The smallest absolute Gasteiger partial charge is 0.338 e. The van der Waals surface area contributed by atoms with E-state index in [2.05, 4.69) is 19.9 Å². The Morgan fingerprint density at radius 3 is 2.48 bits per heavy atom. The molecule has 0 aromatic heterocycles. The molecule has 1 unspecified atom stereocenters. The second kappa shape index (κ2) is 11.0. The van der Waals surface area contributed by atoms with E-state index in [0.717, 1.165) is 31.2 Å². The van der Waals surface area contributed by atoms with Crippen LogP contribution in [0, 0.1) is 17.2 Å². The van der Waals surface area contributed by atoms with Gasteiger partial charge in [0.15, 0.2) is 0 Å². The first-order valence-corrected chi connectivity index (χ1v) is 9.62. The normalized spacial score (nSPS) is 12.3. The second-order valence-electron chi connectivity index (χ2n) is 6.64. The molecule has 0 amide bonds. The van der Waals surface area contributed by atoms with Crippen LogP contribution in [0.1, 0.15) is 56.2 Å². The van der Waals surface area contributed by atoms with Gasteiger partial charge in [-0.2, -0.15) is 5.26 Å². The number of carbonyl (C=O) groups excluding carboxylic acids is 1. The first-order chi connectivity index (χ1) is 13.2. The van der Waals surface area contributed by atoms with E-state index in [-0.39, 0.29) is 5.97 Å². The number of hydrogen-bond acceptors (Lipinski definition) is 3. The maximum absolute atomic E-state index is 12.9. The molecule has 0 bridgehead atoms. The zero-order valence-corrected chi connectivity index (χ0v) is 16.2. The van der Waals surface area contributed by atoms with Crippen LogP contribution in [-0.4, -0.2) is 12.6 Å². The lowest BCUT2D eigenvalue weighted by Crippen LogP contribution is -2.15. The summed E-state index contributed by atoms with van der Waals surface area (Å²) in [6, 6.07) is 18.9. The van der Waals surface area contributed by atoms with Crippen molar-refractivity contribution in [3.05, 3.63) is 71.3 Å². The third-order valence-corrected chi connectivity index (χ3v) is 4.66. The molecular weight excluding hydrogens is 334 g/mol. The van der Waals surface area contributed by atoms with E-state index in [4.69, 9.17) is 4.74 Å². The minimum atomic E-state index is -0.378.